The number of aromatic nitrogens is 3. The molecule has 0 bridgehead atoms. The highest BCUT2D eigenvalue weighted by Gasteiger charge is 2.17. The normalized spacial score (nSPS) is 11.8. The van der Waals surface area contributed by atoms with Crippen LogP contribution in [-0.4, -0.2) is 22.4 Å². The summed E-state index contributed by atoms with van der Waals surface area (Å²) in [6.07, 6.45) is 4.56. The van der Waals surface area contributed by atoms with E-state index in [4.69, 9.17) is 23.2 Å². The third-order valence-electron chi connectivity index (χ3n) is 3.87. The predicted molar refractivity (Wildman–Crippen MR) is 102 cm³/mol. The van der Waals surface area contributed by atoms with Crippen LogP contribution in [0.5, 0.6) is 0 Å². The van der Waals surface area contributed by atoms with Crippen molar-refractivity contribution in [1.29, 1.82) is 0 Å². The van der Waals surface area contributed by atoms with Crippen LogP contribution in [-0.2, 0) is 10.0 Å². The van der Waals surface area contributed by atoms with Gasteiger partial charge in [-0.2, -0.15) is 0 Å². The van der Waals surface area contributed by atoms with Crippen LogP contribution < -0.4 is 0 Å². The fourth-order valence-corrected chi connectivity index (χ4v) is 4.07. The summed E-state index contributed by atoms with van der Waals surface area (Å²) < 4.78 is 26.5. The fourth-order valence-electron chi connectivity index (χ4n) is 2.54. The molecule has 4 rings (SSSR count). The smallest absolute Gasteiger partial charge is 0.252 e. The molecule has 0 atom stereocenters. The van der Waals surface area contributed by atoms with E-state index in [0.29, 0.717) is 32.3 Å². The number of hydrogen-bond acceptors (Lipinski definition) is 4. The summed E-state index contributed by atoms with van der Waals surface area (Å²) in [6.45, 7) is 0. The summed E-state index contributed by atoms with van der Waals surface area (Å²) in [5.74, 6) is 0. The minimum absolute atomic E-state index is 0.216. The molecule has 0 unspecified atom stereocenters. The van der Waals surface area contributed by atoms with Crippen LogP contribution in [0.1, 0.15) is 0 Å². The van der Waals surface area contributed by atoms with Gasteiger partial charge in [0.05, 0.1) is 37.9 Å². The Hall–Kier alpha value is -2.41. The van der Waals surface area contributed by atoms with E-state index in [2.05, 4.69) is 9.97 Å². The highest BCUT2D eigenvalue weighted by atomic mass is 35.5. The molecule has 26 heavy (non-hydrogen) atoms. The summed E-state index contributed by atoms with van der Waals surface area (Å²) in [6, 6.07) is 13.2. The number of rotatable bonds is 3. The Balaban J connectivity index is 1.77. The Kier molecular flexibility index (Phi) is 4.19. The lowest BCUT2D eigenvalue weighted by atomic mass is 10.2. The number of hydrogen-bond donors (Lipinski definition) is 0. The zero-order valence-corrected chi connectivity index (χ0v) is 15.5. The molecular formula is C18H11Cl2N3O2S. The van der Waals surface area contributed by atoms with Gasteiger partial charge in [0.25, 0.3) is 10.0 Å². The molecule has 130 valence electrons. The molecule has 0 fully saturated rings. The summed E-state index contributed by atoms with van der Waals surface area (Å²) in [5.41, 5.74) is 2.36. The van der Waals surface area contributed by atoms with Crippen molar-refractivity contribution in [3.05, 3.63) is 77.2 Å². The summed E-state index contributed by atoms with van der Waals surface area (Å²) in [4.78, 5) is 9.04. The maximum absolute atomic E-state index is 12.7. The van der Waals surface area contributed by atoms with Crippen LogP contribution in [0.2, 0.25) is 10.0 Å². The first kappa shape index (κ1) is 17.0. The van der Waals surface area contributed by atoms with Gasteiger partial charge in [0.15, 0.2) is 0 Å². The van der Waals surface area contributed by atoms with Gasteiger partial charge in [0, 0.05) is 18.0 Å². The van der Waals surface area contributed by atoms with Gasteiger partial charge in [0.2, 0.25) is 0 Å². The zero-order valence-electron chi connectivity index (χ0n) is 13.2. The average Bonchev–Trinajstić information content (AvgIpc) is 3.14. The molecule has 0 aliphatic rings. The highest BCUT2D eigenvalue weighted by molar-refractivity contribution is 7.90. The van der Waals surface area contributed by atoms with Gasteiger partial charge >= 0.3 is 0 Å². The Bertz CT molecular complexity index is 1220. The second-order valence-electron chi connectivity index (χ2n) is 5.56. The first-order valence-electron chi connectivity index (χ1n) is 7.56. The minimum Gasteiger partial charge on any atom is -0.252 e. The standard InChI is InChI=1S/C18H11Cl2N3O2S/c19-14-8-16-17(9-15(14)20)22-18(10-21-16)12-6-7-23(11-12)26(24,25)13-4-2-1-3-5-13/h1-11H. The second kappa shape index (κ2) is 6.39. The van der Waals surface area contributed by atoms with Crippen molar-refractivity contribution in [1.82, 2.24) is 13.9 Å². The van der Waals surface area contributed by atoms with Gasteiger partial charge in [-0.05, 0) is 30.3 Å². The van der Waals surface area contributed by atoms with Crippen LogP contribution in [0.3, 0.4) is 0 Å². The van der Waals surface area contributed by atoms with Crippen LogP contribution >= 0.6 is 23.2 Å². The third kappa shape index (κ3) is 2.96. The molecular weight excluding hydrogens is 393 g/mol. The molecule has 8 heteroatoms. The molecule has 4 aromatic rings. The largest absolute Gasteiger partial charge is 0.267 e. The summed E-state index contributed by atoms with van der Waals surface area (Å²) in [7, 11) is -3.65. The first-order chi connectivity index (χ1) is 12.4. The minimum atomic E-state index is -3.65. The van der Waals surface area contributed by atoms with Crippen molar-refractivity contribution in [2.24, 2.45) is 0 Å². The lowest BCUT2D eigenvalue weighted by Crippen LogP contribution is -2.10. The van der Waals surface area contributed by atoms with Crippen LogP contribution in [0.4, 0.5) is 0 Å². The number of halogens is 2. The van der Waals surface area contributed by atoms with E-state index in [1.165, 1.54) is 16.4 Å². The van der Waals surface area contributed by atoms with Gasteiger partial charge < -0.3 is 0 Å². The van der Waals surface area contributed by atoms with E-state index < -0.39 is 10.0 Å². The molecule has 0 saturated heterocycles. The van der Waals surface area contributed by atoms with Gasteiger partial charge in [-0.1, -0.05) is 41.4 Å². The number of benzene rings is 2. The van der Waals surface area contributed by atoms with Crippen molar-refractivity contribution in [3.63, 3.8) is 0 Å². The van der Waals surface area contributed by atoms with Crippen molar-refractivity contribution in [2.75, 3.05) is 0 Å². The second-order valence-corrected chi connectivity index (χ2v) is 8.22. The monoisotopic (exact) mass is 403 g/mol. The SMILES string of the molecule is O=S(=O)(c1ccccc1)n1ccc(-c2cnc3cc(Cl)c(Cl)cc3n2)c1. The zero-order chi connectivity index (χ0) is 18.3. The fraction of sp³-hybridized carbons (Fsp3) is 0. The molecule has 2 aromatic carbocycles. The van der Waals surface area contributed by atoms with Gasteiger partial charge in [-0.3, -0.25) is 4.98 Å². The van der Waals surface area contributed by atoms with Gasteiger partial charge in [-0.25, -0.2) is 17.4 Å². The first-order valence-corrected chi connectivity index (χ1v) is 9.75. The molecule has 0 spiro atoms. The average molecular weight is 404 g/mol. The highest BCUT2D eigenvalue weighted by Crippen LogP contribution is 2.28. The molecule has 0 saturated carbocycles. The molecule has 0 N–H and O–H groups in total. The molecule has 2 aromatic heterocycles. The number of fused-ring (bicyclic) bond motifs is 1. The Morgan fingerprint density at radius 3 is 2.35 bits per heavy atom. The Morgan fingerprint density at radius 2 is 1.62 bits per heavy atom. The topological polar surface area (TPSA) is 64.8 Å². The van der Waals surface area contributed by atoms with E-state index >= 15 is 0 Å². The lowest BCUT2D eigenvalue weighted by Gasteiger charge is -2.05. The van der Waals surface area contributed by atoms with Gasteiger partial charge in [0.1, 0.15) is 0 Å². The van der Waals surface area contributed by atoms with Crippen LogP contribution in [0.25, 0.3) is 22.3 Å². The maximum Gasteiger partial charge on any atom is 0.267 e. The molecule has 0 aliphatic heterocycles. The van der Waals surface area contributed by atoms with E-state index in [9.17, 15) is 8.42 Å². The summed E-state index contributed by atoms with van der Waals surface area (Å²) in [5, 5.41) is 0.788. The Labute approximate surface area is 159 Å². The quantitative estimate of drug-likeness (QED) is 0.499. The molecule has 0 aliphatic carbocycles. The number of nitrogens with zero attached hydrogens (tertiary/aromatic N) is 3. The van der Waals surface area contributed by atoms with Crippen molar-refractivity contribution in [3.8, 4) is 11.3 Å². The van der Waals surface area contributed by atoms with Crippen LogP contribution in [0.15, 0.2) is 72.0 Å². The van der Waals surface area contributed by atoms with Crippen LogP contribution in [0, 0.1) is 0 Å². The molecule has 0 amide bonds. The van der Waals surface area contributed by atoms with E-state index in [0.717, 1.165) is 0 Å². The molecule has 2 heterocycles. The third-order valence-corrected chi connectivity index (χ3v) is 6.24. The van der Waals surface area contributed by atoms with E-state index in [1.807, 2.05) is 0 Å². The molecule has 5 nitrogen and oxygen atoms in total. The van der Waals surface area contributed by atoms with E-state index in [-0.39, 0.29) is 4.90 Å². The van der Waals surface area contributed by atoms with Crippen molar-refractivity contribution in [2.45, 2.75) is 4.90 Å². The Morgan fingerprint density at radius 1 is 0.923 bits per heavy atom. The van der Waals surface area contributed by atoms with Crippen molar-refractivity contribution < 1.29 is 8.42 Å². The predicted octanol–water partition coefficient (Wildman–Crippen LogP) is 4.64. The molecule has 0 radical (unpaired) electrons. The van der Waals surface area contributed by atoms with E-state index in [1.54, 1.807) is 54.7 Å². The lowest BCUT2D eigenvalue weighted by molar-refractivity contribution is 0.587. The van der Waals surface area contributed by atoms with Gasteiger partial charge in [-0.15, -0.1) is 0 Å². The maximum atomic E-state index is 12.7. The van der Waals surface area contributed by atoms with Crippen molar-refractivity contribution >= 4 is 44.3 Å². The summed E-state index contributed by atoms with van der Waals surface area (Å²) >= 11 is 12.0.